The van der Waals surface area contributed by atoms with E-state index in [0.717, 1.165) is 5.69 Å². The average molecular weight is 235 g/mol. The molecule has 8 nitrogen and oxygen atoms in total. The fraction of sp³-hybridized carbons (Fsp3) is 0.444. The molecule has 90 valence electrons. The van der Waals surface area contributed by atoms with Gasteiger partial charge < -0.3 is 5.32 Å². The Hall–Kier alpha value is -2.25. The first-order chi connectivity index (χ1) is 8.09. The molecule has 17 heavy (non-hydrogen) atoms. The van der Waals surface area contributed by atoms with Gasteiger partial charge in [-0.1, -0.05) is 5.21 Å². The van der Waals surface area contributed by atoms with Gasteiger partial charge in [-0.15, -0.1) is 10.2 Å². The molecule has 0 fully saturated rings. The van der Waals surface area contributed by atoms with E-state index >= 15 is 0 Å². The highest BCUT2D eigenvalue weighted by Gasteiger charge is 2.17. The summed E-state index contributed by atoms with van der Waals surface area (Å²) in [5.41, 5.74) is 2.12. The van der Waals surface area contributed by atoms with Gasteiger partial charge in [0, 0.05) is 12.7 Å². The second-order valence-corrected chi connectivity index (χ2v) is 3.68. The number of hydrogen-bond acceptors (Lipinski definition) is 5. The van der Waals surface area contributed by atoms with Crippen LogP contribution in [0.25, 0.3) is 0 Å². The lowest BCUT2D eigenvalue weighted by atomic mass is 10.2. The van der Waals surface area contributed by atoms with Crippen LogP contribution in [-0.4, -0.2) is 36.3 Å². The van der Waals surface area contributed by atoms with E-state index in [-0.39, 0.29) is 12.5 Å². The normalized spacial score (nSPS) is 10.5. The molecule has 0 atom stereocenters. The Kier molecular flexibility index (Phi) is 2.86. The molecular formula is C9H13N7O. The van der Waals surface area contributed by atoms with Crippen LogP contribution in [-0.2, 0) is 13.6 Å². The molecule has 2 N–H and O–H groups in total. The molecule has 0 spiro atoms. The molecule has 2 heterocycles. The Morgan fingerprint density at radius 2 is 2.24 bits per heavy atom. The highest BCUT2D eigenvalue weighted by Crippen LogP contribution is 2.11. The highest BCUT2D eigenvalue weighted by atomic mass is 16.1. The van der Waals surface area contributed by atoms with Gasteiger partial charge in [-0.05, 0) is 13.8 Å². The van der Waals surface area contributed by atoms with Crippen LogP contribution >= 0.6 is 0 Å². The molecule has 0 aromatic carbocycles. The number of tetrazole rings is 1. The van der Waals surface area contributed by atoms with Gasteiger partial charge in [-0.3, -0.25) is 9.48 Å². The molecule has 1 amide bonds. The fourth-order valence-electron chi connectivity index (χ4n) is 1.61. The number of hydrogen-bond donors (Lipinski definition) is 2. The number of carbonyl (C=O) groups is 1. The quantitative estimate of drug-likeness (QED) is 0.745. The third kappa shape index (κ3) is 2.14. The predicted molar refractivity (Wildman–Crippen MR) is 58.0 cm³/mol. The van der Waals surface area contributed by atoms with Gasteiger partial charge in [-0.2, -0.15) is 10.3 Å². The van der Waals surface area contributed by atoms with Crippen molar-refractivity contribution in [1.29, 1.82) is 0 Å². The smallest absolute Gasteiger partial charge is 0.255 e. The maximum atomic E-state index is 11.9. The minimum absolute atomic E-state index is 0.182. The van der Waals surface area contributed by atoms with Gasteiger partial charge in [-0.25, -0.2) is 0 Å². The molecule has 0 aliphatic rings. The lowest BCUT2D eigenvalue weighted by molar-refractivity contribution is 0.0948. The minimum Gasteiger partial charge on any atom is -0.344 e. The summed E-state index contributed by atoms with van der Waals surface area (Å²) in [4.78, 5) is 11.9. The first kappa shape index (κ1) is 11.2. The zero-order valence-corrected chi connectivity index (χ0v) is 9.85. The van der Waals surface area contributed by atoms with Crippen LogP contribution in [0, 0.1) is 13.8 Å². The van der Waals surface area contributed by atoms with Crippen LogP contribution in [0.4, 0.5) is 0 Å². The van der Waals surface area contributed by atoms with E-state index in [9.17, 15) is 4.79 Å². The summed E-state index contributed by atoms with van der Waals surface area (Å²) in [6.45, 7) is 3.89. The van der Waals surface area contributed by atoms with E-state index in [4.69, 9.17) is 0 Å². The topological polar surface area (TPSA) is 101 Å². The fourth-order valence-corrected chi connectivity index (χ4v) is 1.61. The minimum atomic E-state index is -0.182. The van der Waals surface area contributed by atoms with Gasteiger partial charge >= 0.3 is 0 Å². The Labute approximate surface area is 97.4 Å². The molecule has 0 aliphatic heterocycles. The van der Waals surface area contributed by atoms with E-state index in [1.54, 1.807) is 18.7 Å². The van der Waals surface area contributed by atoms with Crippen LogP contribution < -0.4 is 5.32 Å². The Morgan fingerprint density at radius 3 is 2.76 bits per heavy atom. The second kappa shape index (κ2) is 4.32. The van der Waals surface area contributed by atoms with Crippen LogP contribution in [0.1, 0.15) is 27.6 Å². The third-order valence-electron chi connectivity index (χ3n) is 2.53. The summed E-state index contributed by atoms with van der Waals surface area (Å²) in [5.74, 6) is 0.260. The monoisotopic (exact) mass is 235 g/mol. The zero-order valence-electron chi connectivity index (χ0n) is 9.85. The first-order valence-corrected chi connectivity index (χ1v) is 5.10. The molecular weight excluding hydrogens is 222 g/mol. The number of H-pyrrole nitrogens is 1. The van der Waals surface area contributed by atoms with Crippen molar-refractivity contribution in [2.45, 2.75) is 20.4 Å². The summed E-state index contributed by atoms with van der Waals surface area (Å²) < 4.78 is 1.68. The summed E-state index contributed by atoms with van der Waals surface area (Å²) in [6, 6.07) is 0. The maximum Gasteiger partial charge on any atom is 0.255 e. The van der Waals surface area contributed by atoms with Gasteiger partial charge in [0.25, 0.3) is 5.91 Å². The largest absolute Gasteiger partial charge is 0.344 e. The number of amides is 1. The number of nitrogens with zero attached hydrogens (tertiary/aromatic N) is 5. The average Bonchev–Trinajstić information content (AvgIpc) is 2.86. The highest BCUT2D eigenvalue weighted by molar-refractivity contribution is 5.96. The van der Waals surface area contributed by atoms with Crippen molar-refractivity contribution in [1.82, 2.24) is 35.7 Å². The van der Waals surface area contributed by atoms with Crippen molar-refractivity contribution in [2.24, 2.45) is 7.05 Å². The lowest BCUT2D eigenvalue weighted by Crippen LogP contribution is -2.24. The summed E-state index contributed by atoms with van der Waals surface area (Å²) in [5, 5.41) is 20.1. The molecule has 2 aromatic rings. The molecule has 0 unspecified atom stereocenters. The van der Waals surface area contributed by atoms with Gasteiger partial charge in [0.15, 0.2) is 5.82 Å². The zero-order chi connectivity index (χ0) is 12.4. The number of carbonyl (C=O) groups excluding carboxylic acids is 1. The SMILES string of the molecule is Cc1nn(C)c(C)c1C(=O)NCc1nn[nH]n1. The molecule has 0 saturated carbocycles. The van der Waals surface area contributed by atoms with E-state index in [1.165, 1.54) is 0 Å². The van der Waals surface area contributed by atoms with Crippen LogP contribution in [0.3, 0.4) is 0 Å². The van der Waals surface area contributed by atoms with E-state index < -0.39 is 0 Å². The summed E-state index contributed by atoms with van der Waals surface area (Å²) >= 11 is 0. The number of aryl methyl sites for hydroxylation is 2. The van der Waals surface area contributed by atoms with E-state index in [1.807, 2.05) is 6.92 Å². The van der Waals surface area contributed by atoms with Gasteiger partial charge in [0.2, 0.25) is 0 Å². The van der Waals surface area contributed by atoms with Crippen LogP contribution in [0.15, 0.2) is 0 Å². The molecule has 8 heteroatoms. The molecule has 0 aliphatic carbocycles. The van der Waals surface area contributed by atoms with Crippen LogP contribution in [0.2, 0.25) is 0 Å². The van der Waals surface area contributed by atoms with E-state index in [0.29, 0.717) is 17.1 Å². The maximum absolute atomic E-state index is 11.9. The molecule has 2 rings (SSSR count). The second-order valence-electron chi connectivity index (χ2n) is 3.68. The predicted octanol–water partition coefficient (Wildman–Crippen LogP) is -0.520. The molecule has 0 saturated heterocycles. The number of nitrogens with one attached hydrogen (secondary N) is 2. The van der Waals surface area contributed by atoms with E-state index in [2.05, 4.69) is 31.0 Å². The van der Waals surface area contributed by atoms with Crippen LogP contribution in [0.5, 0.6) is 0 Å². The summed E-state index contributed by atoms with van der Waals surface area (Å²) in [6.07, 6.45) is 0. The van der Waals surface area contributed by atoms with Crippen molar-refractivity contribution < 1.29 is 4.79 Å². The molecule has 0 bridgehead atoms. The Balaban J connectivity index is 2.10. The molecule has 2 aromatic heterocycles. The van der Waals surface area contributed by atoms with Gasteiger partial charge in [0.05, 0.1) is 17.8 Å². The van der Waals surface area contributed by atoms with Crippen molar-refractivity contribution in [3.8, 4) is 0 Å². The number of rotatable bonds is 3. The lowest BCUT2D eigenvalue weighted by Gasteiger charge is -2.02. The van der Waals surface area contributed by atoms with Crippen molar-refractivity contribution in [3.63, 3.8) is 0 Å². The number of aromatic amines is 1. The van der Waals surface area contributed by atoms with Crippen molar-refractivity contribution in [3.05, 3.63) is 22.8 Å². The van der Waals surface area contributed by atoms with Gasteiger partial charge in [0.1, 0.15) is 0 Å². The van der Waals surface area contributed by atoms with Crippen molar-refractivity contribution >= 4 is 5.91 Å². The Bertz CT molecular complexity index is 528. The van der Waals surface area contributed by atoms with Crippen molar-refractivity contribution in [2.75, 3.05) is 0 Å². The first-order valence-electron chi connectivity index (χ1n) is 5.10. The third-order valence-corrected chi connectivity index (χ3v) is 2.53. The molecule has 0 radical (unpaired) electrons. The Morgan fingerprint density at radius 1 is 1.47 bits per heavy atom. The standard InChI is InChI=1S/C9H13N7O/c1-5-8(6(2)16(3)13-5)9(17)10-4-7-11-14-15-12-7/h4H2,1-3H3,(H,10,17)(H,11,12,14,15). The number of aromatic nitrogens is 6. The summed E-state index contributed by atoms with van der Waals surface area (Å²) in [7, 11) is 1.80.